The lowest BCUT2D eigenvalue weighted by atomic mass is 10.6. The van der Waals surface area contributed by atoms with Crippen molar-refractivity contribution in [3.05, 3.63) is 11.7 Å². The van der Waals surface area contributed by atoms with Gasteiger partial charge in [0.15, 0.2) is 5.82 Å². The van der Waals surface area contributed by atoms with E-state index in [-0.39, 0.29) is 12.4 Å². The Hall–Kier alpha value is -0.990. The van der Waals surface area contributed by atoms with Gasteiger partial charge in [0.1, 0.15) is 0 Å². The van der Waals surface area contributed by atoms with Gasteiger partial charge in [-0.25, -0.2) is 5.14 Å². The van der Waals surface area contributed by atoms with Crippen LogP contribution in [-0.4, -0.2) is 29.9 Å². The van der Waals surface area contributed by atoms with Gasteiger partial charge in [0, 0.05) is 14.0 Å². The summed E-state index contributed by atoms with van der Waals surface area (Å²) in [4.78, 5) is 3.82. The van der Waals surface area contributed by atoms with E-state index in [1.807, 2.05) is 0 Å². The Labute approximate surface area is 75.7 Å². The number of hydrogen-bond acceptors (Lipinski definition) is 5. The third-order valence-corrected chi connectivity index (χ3v) is 2.37. The molecule has 0 radical (unpaired) electrons. The molecule has 8 heteroatoms. The summed E-state index contributed by atoms with van der Waals surface area (Å²) in [5.74, 6) is 0.673. The molecule has 0 spiro atoms. The molecule has 13 heavy (non-hydrogen) atoms. The monoisotopic (exact) mass is 206 g/mol. The molecule has 1 aromatic heterocycles. The molecule has 0 saturated heterocycles. The zero-order valence-electron chi connectivity index (χ0n) is 7.26. The Morgan fingerprint density at radius 1 is 1.62 bits per heavy atom. The fourth-order valence-electron chi connectivity index (χ4n) is 0.695. The van der Waals surface area contributed by atoms with E-state index in [1.165, 1.54) is 7.05 Å². The first kappa shape index (κ1) is 10.1. The van der Waals surface area contributed by atoms with Crippen LogP contribution in [0.1, 0.15) is 11.7 Å². The Balaban J connectivity index is 2.71. The number of hydrogen-bond donors (Lipinski definition) is 1. The van der Waals surface area contributed by atoms with Crippen molar-refractivity contribution in [3.8, 4) is 0 Å². The fraction of sp³-hybridized carbons (Fsp3) is 0.600. The average Bonchev–Trinajstić information content (AvgIpc) is 2.33. The van der Waals surface area contributed by atoms with E-state index >= 15 is 0 Å². The summed E-state index contributed by atoms with van der Waals surface area (Å²) in [5.41, 5.74) is 0. The summed E-state index contributed by atoms with van der Waals surface area (Å²) in [6, 6.07) is 0. The molecule has 0 saturated carbocycles. The van der Waals surface area contributed by atoms with Gasteiger partial charge in [-0.15, -0.1) is 0 Å². The molecule has 74 valence electrons. The summed E-state index contributed by atoms with van der Waals surface area (Å²) in [6.45, 7) is 1.63. The highest BCUT2D eigenvalue weighted by molar-refractivity contribution is 7.86. The molecule has 0 amide bonds. The molecular formula is C5H10N4O3S. The molecule has 0 aromatic carbocycles. The third kappa shape index (κ3) is 2.76. The minimum Gasteiger partial charge on any atom is -0.340 e. The molecule has 0 aliphatic heterocycles. The quantitative estimate of drug-likeness (QED) is 0.684. The summed E-state index contributed by atoms with van der Waals surface area (Å²) in [7, 11) is -2.35. The second-order valence-electron chi connectivity index (χ2n) is 2.53. The van der Waals surface area contributed by atoms with Crippen LogP contribution in [-0.2, 0) is 16.8 Å². The van der Waals surface area contributed by atoms with E-state index < -0.39 is 10.2 Å². The molecule has 0 unspecified atom stereocenters. The van der Waals surface area contributed by atoms with Gasteiger partial charge in [0.2, 0.25) is 5.89 Å². The minimum atomic E-state index is -3.68. The number of aromatic nitrogens is 2. The van der Waals surface area contributed by atoms with Crippen molar-refractivity contribution in [2.24, 2.45) is 5.14 Å². The molecule has 0 aliphatic rings. The van der Waals surface area contributed by atoms with E-state index in [1.54, 1.807) is 6.92 Å². The highest BCUT2D eigenvalue weighted by Gasteiger charge is 2.14. The summed E-state index contributed by atoms with van der Waals surface area (Å²) in [5, 5.41) is 8.37. The molecule has 1 heterocycles. The Morgan fingerprint density at radius 3 is 2.62 bits per heavy atom. The molecule has 1 aromatic rings. The second-order valence-corrected chi connectivity index (χ2v) is 4.18. The highest BCUT2D eigenvalue weighted by atomic mass is 32.2. The predicted molar refractivity (Wildman–Crippen MR) is 43.6 cm³/mol. The Morgan fingerprint density at radius 2 is 2.23 bits per heavy atom. The molecule has 7 nitrogen and oxygen atoms in total. The largest absolute Gasteiger partial charge is 0.340 e. The lowest BCUT2D eigenvalue weighted by Gasteiger charge is -2.09. The van der Waals surface area contributed by atoms with Crippen LogP contribution < -0.4 is 5.14 Å². The Kier molecular flexibility index (Phi) is 2.64. The number of aryl methyl sites for hydroxylation is 1. The van der Waals surface area contributed by atoms with Gasteiger partial charge in [-0.1, -0.05) is 5.16 Å². The average molecular weight is 206 g/mol. The van der Waals surface area contributed by atoms with Gasteiger partial charge in [0.25, 0.3) is 10.2 Å². The zero-order chi connectivity index (χ0) is 10.1. The standard InChI is InChI=1S/C5H10N4O3S/c1-4-7-5(8-12-4)3-9(2)13(6,10)11/h3H2,1-2H3,(H2,6,10,11). The van der Waals surface area contributed by atoms with Gasteiger partial charge in [-0.3, -0.25) is 0 Å². The maximum atomic E-state index is 10.8. The summed E-state index contributed by atoms with van der Waals surface area (Å²) < 4.78 is 27.1. The first-order valence-electron chi connectivity index (χ1n) is 3.43. The van der Waals surface area contributed by atoms with Crippen LogP contribution in [0.3, 0.4) is 0 Å². The lowest BCUT2D eigenvalue weighted by molar-refractivity contribution is 0.377. The lowest BCUT2D eigenvalue weighted by Crippen LogP contribution is -2.33. The van der Waals surface area contributed by atoms with Crippen LogP contribution in [0, 0.1) is 6.92 Å². The van der Waals surface area contributed by atoms with Crippen molar-refractivity contribution in [2.75, 3.05) is 7.05 Å². The number of nitrogens with zero attached hydrogens (tertiary/aromatic N) is 3. The molecule has 0 fully saturated rings. The maximum absolute atomic E-state index is 10.8. The van der Waals surface area contributed by atoms with Crippen LogP contribution in [0.5, 0.6) is 0 Å². The Bertz CT molecular complexity index is 384. The van der Waals surface area contributed by atoms with Crippen LogP contribution in [0.2, 0.25) is 0 Å². The van der Waals surface area contributed by atoms with Gasteiger partial charge >= 0.3 is 0 Å². The van der Waals surface area contributed by atoms with Gasteiger partial charge < -0.3 is 4.52 Å². The maximum Gasteiger partial charge on any atom is 0.277 e. The van der Waals surface area contributed by atoms with Gasteiger partial charge in [-0.2, -0.15) is 17.7 Å². The van der Waals surface area contributed by atoms with E-state index in [0.717, 1.165) is 4.31 Å². The van der Waals surface area contributed by atoms with E-state index in [0.29, 0.717) is 5.89 Å². The van der Waals surface area contributed by atoms with Crippen LogP contribution in [0.15, 0.2) is 4.52 Å². The molecule has 2 N–H and O–H groups in total. The van der Waals surface area contributed by atoms with Crippen LogP contribution in [0.4, 0.5) is 0 Å². The fourth-order valence-corrected chi connectivity index (χ4v) is 0.990. The zero-order valence-corrected chi connectivity index (χ0v) is 8.08. The van der Waals surface area contributed by atoms with Gasteiger partial charge in [0.05, 0.1) is 6.54 Å². The SMILES string of the molecule is Cc1nc(CN(C)S(N)(=O)=O)no1. The highest BCUT2D eigenvalue weighted by Crippen LogP contribution is 2.00. The normalized spacial score (nSPS) is 12.3. The first-order valence-corrected chi connectivity index (χ1v) is 4.93. The molecule has 0 aliphatic carbocycles. The molecule has 1 rings (SSSR count). The topological polar surface area (TPSA) is 102 Å². The van der Waals surface area contributed by atoms with Crippen LogP contribution >= 0.6 is 0 Å². The molecule has 0 atom stereocenters. The van der Waals surface area contributed by atoms with Gasteiger partial charge in [-0.05, 0) is 0 Å². The summed E-state index contributed by atoms with van der Waals surface area (Å²) in [6.07, 6.45) is 0. The van der Waals surface area contributed by atoms with E-state index in [4.69, 9.17) is 5.14 Å². The van der Waals surface area contributed by atoms with E-state index in [2.05, 4.69) is 14.7 Å². The van der Waals surface area contributed by atoms with Crippen LogP contribution in [0.25, 0.3) is 0 Å². The smallest absolute Gasteiger partial charge is 0.277 e. The van der Waals surface area contributed by atoms with Crippen molar-refractivity contribution < 1.29 is 12.9 Å². The molecule has 0 bridgehead atoms. The first-order chi connectivity index (χ1) is 5.89. The van der Waals surface area contributed by atoms with Crippen molar-refractivity contribution in [2.45, 2.75) is 13.5 Å². The summed E-state index contributed by atoms with van der Waals surface area (Å²) >= 11 is 0. The second kappa shape index (κ2) is 3.40. The predicted octanol–water partition coefficient (Wildman–Crippen LogP) is -0.987. The minimum absolute atomic E-state index is 0.0101. The van der Waals surface area contributed by atoms with Crippen molar-refractivity contribution in [1.82, 2.24) is 14.4 Å². The van der Waals surface area contributed by atoms with Crippen molar-refractivity contribution in [1.29, 1.82) is 0 Å². The van der Waals surface area contributed by atoms with Crippen molar-refractivity contribution >= 4 is 10.2 Å². The van der Waals surface area contributed by atoms with E-state index in [9.17, 15) is 8.42 Å². The molecular weight excluding hydrogens is 196 g/mol. The number of rotatable bonds is 3. The third-order valence-electron chi connectivity index (χ3n) is 1.37. The van der Waals surface area contributed by atoms with Crippen molar-refractivity contribution in [3.63, 3.8) is 0 Å². The number of nitrogens with two attached hydrogens (primary N) is 1.